The van der Waals surface area contributed by atoms with Gasteiger partial charge in [0.25, 0.3) is 0 Å². The number of tetrazole rings is 1. The maximum atomic E-state index is 12.8. The molecule has 0 saturated carbocycles. The molecule has 5 nitrogen and oxygen atoms in total. The summed E-state index contributed by atoms with van der Waals surface area (Å²) in [6.45, 7) is 9.46. The topological polar surface area (TPSA) is 60.7 Å². The number of rotatable bonds is 3. The summed E-state index contributed by atoms with van der Waals surface area (Å²) in [4.78, 5) is 13.6. The summed E-state index contributed by atoms with van der Waals surface area (Å²) in [6.07, 6.45) is 0. The van der Waals surface area contributed by atoms with Crippen molar-refractivity contribution in [2.75, 3.05) is 0 Å². The molecule has 0 aliphatic rings. The van der Waals surface area contributed by atoms with E-state index in [1.54, 1.807) is 0 Å². The first-order valence-corrected chi connectivity index (χ1v) is 6.09. The number of ketones is 1. The van der Waals surface area contributed by atoms with Crippen molar-refractivity contribution in [3.05, 3.63) is 48.0 Å². The lowest BCUT2D eigenvalue weighted by molar-refractivity contribution is 0.105. The fraction of sp³-hybridized carbons (Fsp3) is 0.286. The van der Waals surface area contributed by atoms with Gasteiger partial charge in [0.15, 0.2) is 5.78 Å². The summed E-state index contributed by atoms with van der Waals surface area (Å²) in [5.74, 6) is -0.573. The van der Waals surface area contributed by atoms with E-state index in [9.17, 15) is 9.18 Å². The van der Waals surface area contributed by atoms with Gasteiger partial charge in [0, 0.05) is 5.56 Å². The molecule has 1 heterocycles. The first kappa shape index (κ1) is 14.0. The molecule has 0 fully saturated rings. The zero-order chi connectivity index (χ0) is 14.9. The zero-order valence-corrected chi connectivity index (χ0v) is 11.6. The molecule has 20 heavy (non-hydrogen) atoms. The van der Waals surface area contributed by atoms with Gasteiger partial charge in [-0.05, 0) is 50.3 Å². The van der Waals surface area contributed by atoms with E-state index >= 15 is 0 Å². The highest BCUT2D eigenvalue weighted by atomic mass is 19.1. The maximum absolute atomic E-state index is 12.8. The number of carbonyl (C=O) groups is 1. The van der Waals surface area contributed by atoms with Crippen LogP contribution in [-0.2, 0) is 5.54 Å². The largest absolute Gasteiger partial charge is 0.288 e. The molecule has 0 unspecified atom stereocenters. The van der Waals surface area contributed by atoms with Gasteiger partial charge in [-0.15, -0.1) is 10.2 Å². The van der Waals surface area contributed by atoms with Crippen LogP contribution in [0.1, 0.15) is 37.0 Å². The molecule has 2 rings (SSSR count). The molecule has 0 N–H and O–H groups in total. The number of hydrogen-bond donors (Lipinski definition) is 0. The number of allylic oxidation sites excluding steroid dienone is 1. The monoisotopic (exact) mass is 274 g/mol. The molecule has 0 bridgehead atoms. The highest BCUT2D eigenvalue weighted by molar-refractivity contribution is 6.27. The first-order chi connectivity index (χ1) is 9.29. The first-order valence-electron chi connectivity index (χ1n) is 6.09. The van der Waals surface area contributed by atoms with E-state index < -0.39 is 5.82 Å². The van der Waals surface area contributed by atoms with Gasteiger partial charge in [-0.2, -0.15) is 4.80 Å². The fourth-order valence-corrected chi connectivity index (χ4v) is 1.50. The SMILES string of the molecule is C=C(C(=O)c1ccc(F)cc1)c1nnn(C(C)(C)C)n1. The summed E-state index contributed by atoms with van der Waals surface area (Å²) >= 11 is 0. The van der Waals surface area contributed by atoms with E-state index in [4.69, 9.17) is 0 Å². The Hall–Kier alpha value is -2.37. The highest BCUT2D eigenvalue weighted by Crippen LogP contribution is 2.16. The molecule has 0 spiro atoms. The van der Waals surface area contributed by atoms with E-state index in [0.717, 1.165) is 0 Å². The number of benzene rings is 1. The Morgan fingerprint density at radius 2 is 1.85 bits per heavy atom. The third-order valence-electron chi connectivity index (χ3n) is 2.66. The van der Waals surface area contributed by atoms with Crippen LogP contribution < -0.4 is 0 Å². The fourth-order valence-electron chi connectivity index (χ4n) is 1.50. The summed E-state index contributed by atoms with van der Waals surface area (Å²) in [5.41, 5.74) is 0.139. The van der Waals surface area contributed by atoms with E-state index in [2.05, 4.69) is 22.0 Å². The number of aromatic nitrogens is 4. The highest BCUT2D eigenvalue weighted by Gasteiger charge is 2.21. The lowest BCUT2D eigenvalue weighted by Crippen LogP contribution is -2.24. The number of halogens is 1. The Balaban J connectivity index is 2.25. The van der Waals surface area contributed by atoms with Gasteiger partial charge in [-0.25, -0.2) is 4.39 Å². The van der Waals surface area contributed by atoms with Crippen molar-refractivity contribution < 1.29 is 9.18 Å². The van der Waals surface area contributed by atoms with E-state index in [1.807, 2.05) is 20.8 Å². The molecule has 0 saturated heterocycles. The van der Waals surface area contributed by atoms with Crippen molar-refractivity contribution >= 4 is 11.4 Å². The predicted octanol–water partition coefficient (Wildman–Crippen LogP) is 2.46. The van der Waals surface area contributed by atoms with Gasteiger partial charge in [-0.1, -0.05) is 6.58 Å². The Morgan fingerprint density at radius 3 is 2.35 bits per heavy atom. The van der Waals surface area contributed by atoms with Crippen molar-refractivity contribution in [2.24, 2.45) is 0 Å². The number of Topliss-reactive ketones (excluding diaryl/α,β-unsaturated/α-hetero) is 1. The second-order valence-electron chi connectivity index (χ2n) is 5.39. The van der Waals surface area contributed by atoms with Crippen molar-refractivity contribution in [1.82, 2.24) is 20.2 Å². The Bertz CT molecular complexity index is 653. The van der Waals surface area contributed by atoms with Crippen LogP contribution in [0.5, 0.6) is 0 Å². The summed E-state index contributed by atoms with van der Waals surface area (Å²) in [7, 11) is 0. The van der Waals surface area contributed by atoms with E-state index in [0.29, 0.717) is 5.56 Å². The van der Waals surface area contributed by atoms with Gasteiger partial charge in [0.2, 0.25) is 5.82 Å². The third kappa shape index (κ3) is 2.79. The molecule has 0 aliphatic heterocycles. The van der Waals surface area contributed by atoms with Crippen LogP contribution >= 0.6 is 0 Å². The van der Waals surface area contributed by atoms with Crippen molar-refractivity contribution in [3.63, 3.8) is 0 Å². The minimum absolute atomic E-state index is 0.132. The van der Waals surface area contributed by atoms with Crippen molar-refractivity contribution in [3.8, 4) is 0 Å². The normalized spacial score (nSPS) is 11.4. The smallest absolute Gasteiger partial charge is 0.208 e. The van der Waals surface area contributed by atoms with Crippen LogP contribution in [0.25, 0.3) is 5.57 Å². The predicted molar refractivity (Wildman–Crippen MR) is 72.6 cm³/mol. The maximum Gasteiger partial charge on any atom is 0.208 e. The molecule has 6 heteroatoms. The summed E-state index contributed by atoms with van der Waals surface area (Å²) in [6, 6.07) is 5.24. The lowest BCUT2D eigenvalue weighted by atomic mass is 10.0. The third-order valence-corrected chi connectivity index (χ3v) is 2.66. The van der Waals surface area contributed by atoms with Crippen LogP contribution in [0.15, 0.2) is 30.8 Å². The van der Waals surface area contributed by atoms with Gasteiger partial charge in [0.05, 0.1) is 11.1 Å². The molecule has 1 aromatic carbocycles. The molecule has 0 atom stereocenters. The van der Waals surface area contributed by atoms with Crippen LogP contribution in [0.2, 0.25) is 0 Å². The Morgan fingerprint density at radius 1 is 1.25 bits per heavy atom. The van der Waals surface area contributed by atoms with Gasteiger partial charge < -0.3 is 0 Å². The minimum atomic E-state index is -0.399. The van der Waals surface area contributed by atoms with E-state index in [-0.39, 0.29) is 22.7 Å². The summed E-state index contributed by atoms with van der Waals surface area (Å²) in [5, 5.41) is 11.9. The summed E-state index contributed by atoms with van der Waals surface area (Å²) < 4.78 is 12.8. The Labute approximate surface area is 116 Å². The van der Waals surface area contributed by atoms with Crippen LogP contribution in [-0.4, -0.2) is 26.0 Å². The lowest BCUT2D eigenvalue weighted by Gasteiger charge is -2.15. The molecule has 0 radical (unpaired) electrons. The molecule has 0 aliphatic carbocycles. The Kier molecular flexibility index (Phi) is 3.48. The van der Waals surface area contributed by atoms with Crippen molar-refractivity contribution in [1.29, 1.82) is 0 Å². The quantitative estimate of drug-likeness (QED) is 0.637. The zero-order valence-electron chi connectivity index (χ0n) is 11.6. The number of nitrogens with zero attached hydrogens (tertiary/aromatic N) is 4. The molecule has 0 amide bonds. The molecule has 1 aromatic heterocycles. The van der Waals surface area contributed by atoms with Crippen molar-refractivity contribution in [2.45, 2.75) is 26.3 Å². The molecular formula is C14H15FN4O. The van der Waals surface area contributed by atoms with Gasteiger partial charge >= 0.3 is 0 Å². The standard InChI is InChI=1S/C14H15FN4O/c1-9(12(20)10-5-7-11(15)8-6-10)13-16-18-19(17-13)14(2,3)4/h5-8H,1H2,2-4H3. The van der Waals surface area contributed by atoms with Crippen LogP contribution in [0.3, 0.4) is 0 Å². The molecule has 2 aromatic rings. The average molecular weight is 274 g/mol. The van der Waals surface area contributed by atoms with E-state index in [1.165, 1.54) is 29.1 Å². The van der Waals surface area contributed by atoms with Crippen LogP contribution in [0.4, 0.5) is 4.39 Å². The second-order valence-corrected chi connectivity index (χ2v) is 5.39. The molecular weight excluding hydrogens is 259 g/mol. The molecule has 104 valence electrons. The van der Waals surface area contributed by atoms with Crippen LogP contribution in [0, 0.1) is 5.82 Å². The van der Waals surface area contributed by atoms with Gasteiger partial charge in [-0.3, -0.25) is 4.79 Å². The van der Waals surface area contributed by atoms with Gasteiger partial charge in [0.1, 0.15) is 5.82 Å². The number of hydrogen-bond acceptors (Lipinski definition) is 4. The minimum Gasteiger partial charge on any atom is -0.288 e. The second kappa shape index (κ2) is 4.96. The average Bonchev–Trinajstić information content (AvgIpc) is 2.87. The number of carbonyl (C=O) groups excluding carboxylic acids is 1.